The third-order valence-electron chi connectivity index (χ3n) is 3.96. The van der Waals surface area contributed by atoms with Crippen LogP contribution in [0.25, 0.3) is 0 Å². The van der Waals surface area contributed by atoms with Gasteiger partial charge in [0, 0.05) is 12.0 Å². The zero-order chi connectivity index (χ0) is 18.1. The maximum Gasteiger partial charge on any atom is 0.162 e. The van der Waals surface area contributed by atoms with Gasteiger partial charge < -0.3 is 15.2 Å². The van der Waals surface area contributed by atoms with Gasteiger partial charge in [0.2, 0.25) is 0 Å². The lowest BCUT2D eigenvalue weighted by Crippen LogP contribution is -2.05. The van der Waals surface area contributed by atoms with E-state index < -0.39 is 0 Å². The third-order valence-corrected chi connectivity index (χ3v) is 3.96. The molecule has 2 aromatic rings. The Balaban J connectivity index is 1.71. The van der Waals surface area contributed by atoms with Crippen LogP contribution in [0, 0.1) is 6.92 Å². The van der Waals surface area contributed by atoms with Crippen molar-refractivity contribution in [2.75, 3.05) is 18.9 Å². The molecular formula is C21H27NO3. The second-order valence-electron chi connectivity index (χ2n) is 6.10. The molecule has 0 radical (unpaired) electrons. The number of ether oxygens (including phenoxy) is 2. The van der Waals surface area contributed by atoms with Gasteiger partial charge in [0.25, 0.3) is 0 Å². The smallest absolute Gasteiger partial charge is 0.162 e. The fraction of sp³-hybridized carbons (Fsp3) is 0.381. The van der Waals surface area contributed by atoms with E-state index in [-0.39, 0.29) is 5.78 Å². The van der Waals surface area contributed by atoms with Crippen LogP contribution in [0.5, 0.6) is 11.5 Å². The van der Waals surface area contributed by atoms with Crippen LogP contribution in [0.2, 0.25) is 0 Å². The summed E-state index contributed by atoms with van der Waals surface area (Å²) in [5.41, 5.74) is 8.29. The molecule has 2 aromatic carbocycles. The number of unbranched alkanes of at least 4 members (excludes halogenated alkanes) is 1. The largest absolute Gasteiger partial charge is 0.493 e. The molecule has 0 amide bonds. The number of rotatable bonds is 10. The number of ketones is 1. The second-order valence-corrected chi connectivity index (χ2v) is 6.10. The lowest BCUT2D eigenvalue weighted by molar-refractivity contribution is 0.0981. The van der Waals surface area contributed by atoms with E-state index in [0.717, 1.165) is 30.6 Å². The minimum atomic E-state index is 0.120. The minimum absolute atomic E-state index is 0.120. The van der Waals surface area contributed by atoms with Crippen LogP contribution in [0.4, 0.5) is 5.69 Å². The van der Waals surface area contributed by atoms with E-state index in [2.05, 4.69) is 0 Å². The topological polar surface area (TPSA) is 61.5 Å². The van der Waals surface area contributed by atoms with Gasteiger partial charge in [-0.1, -0.05) is 25.1 Å². The molecule has 0 heterocycles. The number of hydrogen-bond acceptors (Lipinski definition) is 4. The number of nitrogen functional groups attached to an aromatic ring is 1. The molecule has 25 heavy (non-hydrogen) atoms. The van der Waals surface area contributed by atoms with Crippen molar-refractivity contribution in [3.8, 4) is 11.5 Å². The van der Waals surface area contributed by atoms with E-state index in [1.165, 1.54) is 0 Å². The van der Waals surface area contributed by atoms with Gasteiger partial charge >= 0.3 is 0 Å². The second kappa shape index (κ2) is 9.72. The molecule has 0 bridgehead atoms. The first-order chi connectivity index (χ1) is 12.1. The van der Waals surface area contributed by atoms with Crippen LogP contribution < -0.4 is 15.2 Å². The van der Waals surface area contributed by atoms with E-state index >= 15 is 0 Å². The summed E-state index contributed by atoms with van der Waals surface area (Å²) in [6.45, 7) is 5.26. The predicted molar refractivity (Wildman–Crippen MR) is 101 cm³/mol. The standard InChI is InChI=1S/C21H27NO3/c1-3-8-19(23)17-11-12-21(18(22)15-17)25-14-7-6-13-24-20-10-5-4-9-16(20)2/h4-5,9-12,15H,3,6-8,13-14,22H2,1-2H3. The normalized spacial score (nSPS) is 10.5. The predicted octanol–water partition coefficient (Wildman–Crippen LogP) is 4.80. The Kier molecular flexibility index (Phi) is 7.33. The van der Waals surface area contributed by atoms with E-state index in [1.807, 2.05) is 38.1 Å². The number of nitrogens with two attached hydrogens (primary N) is 1. The van der Waals surface area contributed by atoms with Crippen molar-refractivity contribution in [1.82, 2.24) is 0 Å². The number of carbonyl (C=O) groups is 1. The summed E-state index contributed by atoms with van der Waals surface area (Å²) >= 11 is 0. The van der Waals surface area contributed by atoms with Gasteiger partial charge in [-0.15, -0.1) is 0 Å². The number of aryl methyl sites for hydroxylation is 1. The summed E-state index contributed by atoms with van der Waals surface area (Å²) < 4.78 is 11.5. The molecule has 0 aliphatic rings. The van der Waals surface area contributed by atoms with Crippen LogP contribution in [0.1, 0.15) is 48.5 Å². The summed E-state index contributed by atoms with van der Waals surface area (Å²) in [6.07, 6.45) is 3.16. The molecule has 0 unspecified atom stereocenters. The molecule has 4 nitrogen and oxygen atoms in total. The van der Waals surface area contributed by atoms with E-state index in [1.54, 1.807) is 18.2 Å². The average Bonchev–Trinajstić information content (AvgIpc) is 2.60. The fourth-order valence-electron chi connectivity index (χ4n) is 2.51. The molecule has 2 rings (SSSR count). The Hall–Kier alpha value is -2.49. The van der Waals surface area contributed by atoms with E-state index in [4.69, 9.17) is 15.2 Å². The molecule has 0 atom stereocenters. The molecule has 0 fully saturated rings. The number of Topliss-reactive ketones (excluding diaryl/α,β-unsaturated/α-hetero) is 1. The highest BCUT2D eigenvalue weighted by atomic mass is 16.5. The molecular weight excluding hydrogens is 314 g/mol. The molecule has 0 spiro atoms. The Labute approximate surface area is 150 Å². The quantitative estimate of drug-likeness (QED) is 0.383. The average molecular weight is 341 g/mol. The maximum atomic E-state index is 11.9. The van der Waals surface area contributed by atoms with Crippen molar-refractivity contribution in [1.29, 1.82) is 0 Å². The summed E-state index contributed by atoms with van der Waals surface area (Å²) in [6, 6.07) is 13.3. The van der Waals surface area contributed by atoms with Crippen molar-refractivity contribution in [2.24, 2.45) is 0 Å². The Morgan fingerprint density at radius 1 is 1.00 bits per heavy atom. The SMILES string of the molecule is CCCC(=O)c1ccc(OCCCCOc2ccccc2C)c(N)c1. The number of benzene rings is 2. The molecule has 2 N–H and O–H groups in total. The summed E-state index contributed by atoms with van der Waals surface area (Å²) in [5.74, 6) is 1.68. The lowest BCUT2D eigenvalue weighted by Gasteiger charge is -2.11. The highest BCUT2D eigenvalue weighted by molar-refractivity contribution is 5.97. The van der Waals surface area contributed by atoms with Crippen LogP contribution >= 0.6 is 0 Å². The first kappa shape index (κ1) is 18.8. The Bertz CT molecular complexity index is 697. The Morgan fingerprint density at radius 2 is 1.68 bits per heavy atom. The molecule has 0 saturated carbocycles. The number of para-hydroxylation sites is 1. The number of carbonyl (C=O) groups excluding carboxylic acids is 1. The van der Waals surface area contributed by atoms with Gasteiger partial charge in [0.15, 0.2) is 5.78 Å². The first-order valence-corrected chi connectivity index (χ1v) is 8.85. The number of anilines is 1. The zero-order valence-corrected chi connectivity index (χ0v) is 15.1. The van der Waals surface area contributed by atoms with Crippen molar-refractivity contribution in [3.05, 3.63) is 53.6 Å². The molecule has 0 saturated heterocycles. The van der Waals surface area contributed by atoms with Crippen LogP contribution in [-0.2, 0) is 0 Å². The highest BCUT2D eigenvalue weighted by Gasteiger charge is 2.08. The van der Waals surface area contributed by atoms with Gasteiger partial charge in [0.1, 0.15) is 11.5 Å². The number of hydrogen-bond donors (Lipinski definition) is 1. The van der Waals surface area contributed by atoms with Gasteiger partial charge in [-0.3, -0.25) is 4.79 Å². The lowest BCUT2D eigenvalue weighted by atomic mass is 10.1. The monoisotopic (exact) mass is 341 g/mol. The van der Waals surface area contributed by atoms with Crippen LogP contribution in [0.15, 0.2) is 42.5 Å². The molecule has 0 aromatic heterocycles. The van der Waals surface area contributed by atoms with Crippen LogP contribution in [0.3, 0.4) is 0 Å². The van der Waals surface area contributed by atoms with Gasteiger partial charge in [-0.25, -0.2) is 0 Å². The Morgan fingerprint density at radius 3 is 2.32 bits per heavy atom. The van der Waals surface area contributed by atoms with Crippen molar-refractivity contribution in [2.45, 2.75) is 39.5 Å². The van der Waals surface area contributed by atoms with Gasteiger partial charge in [-0.2, -0.15) is 0 Å². The molecule has 0 aliphatic heterocycles. The highest BCUT2D eigenvalue weighted by Crippen LogP contribution is 2.24. The van der Waals surface area contributed by atoms with Gasteiger partial charge in [-0.05, 0) is 56.0 Å². The summed E-state index contributed by atoms with van der Waals surface area (Å²) in [5, 5.41) is 0. The van der Waals surface area contributed by atoms with E-state index in [0.29, 0.717) is 36.6 Å². The van der Waals surface area contributed by atoms with Crippen molar-refractivity contribution in [3.63, 3.8) is 0 Å². The van der Waals surface area contributed by atoms with Gasteiger partial charge in [0.05, 0.1) is 18.9 Å². The summed E-state index contributed by atoms with van der Waals surface area (Å²) in [7, 11) is 0. The fourth-order valence-corrected chi connectivity index (χ4v) is 2.51. The van der Waals surface area contributed by atoms with Crippen molar-refractivity contribution < 1.29 is 14.3 Å². The van der Waals surface area contributed by atoms with Crippen LogP contribution in [-0.4, -0.2) is 19.0 Å². The summed E-state index contributed by atoms with van der Waals surface area (Å²) in [4.78, 5) is 11.9. The van der Waals surface area contributed by atoms with E-state index in [9.17, 15) is 4.79 Å². The van der Waals surface area contributed by atoms with Crippen molar-refractivity contribution >= 4 is 11.5 Å². The zero-order valence-electron chi connectivity index (χ0n) is 15.1. The third kappa shape index (κ3) is 5.82. The molecule has 0 aliphatic carbocycles. The maximum absolute atomic E-state index is 11.9. The first-order valence-electron chi connectivity index (χ1n) is 8.85. The minimum Gasteiger partial charge on any atom is -0.493 e. The molecule has 134 valence electrons. The molecule has 4 heteroatoms.